The third-order valence-electron chi connectivity index (χ3n) is 2.31. The fourth-order valence-corrected chi connectivity index (χ4v) is 1.57. The van der Waals surface area contributed by atoms with E-state index in [9.17, 15) is 4.79 Å². The summed E-state index contributed by atoms with van der Waals surface area (Å²) in [5.74, 6) is 5.45. The van der Waals surface area contributed by atoms with Crippen LogP contribution in [-0.4, -0.2) is 19.3 Å². The Balaban J connectivity index is 2.66. The minimum atomic E-state index is -0.280. The lowest BCUT2D eigenvalue weighted by molar-refractivity contribution is 0.930. The van der Waals surface area contributed by atoms with Crippen LogP contribution in [0.3, 0.4) is 0 Å². The minimum absolute atomic E-state index is 0.280. The van der Waals surface area contributed by atoms with Crippen molar-refractivity contribution in [2.45, 2.75) is 0 Å². The van der Waals surface area contributed by atoms with E-state index in [1.54, 1.807) is 22.8 Å². The van der Waals surface area contributed by atoms with Crippen molar-refractivity contribution < 1.29 is 0 Å². The molecule has 3 rings (SSSR count). The fourth-order valence-electron chi connectivity index (χ4n) is 1.57. The van der Waals surface area contributed by atoms with Gasteiger partial charge in [0.2, 0.25) is 0 Å². The van der Waals surface area contributed by atoms with Gasteiger partial charge in [0.05, 0.1) is 17.1 Å². The molecule has 0 aliphatic carbocycles. The molecule has 0 amide bonds. The lowest BCUT2D eigenvalue weighted by Crippen LogP contribution is -2.26. The molecule has 0 saturated carbocycles. The molecule has 0 unspecified atom stereocenters. The molecule has 3 aromatic heterocycles. The lowest BCUT2D eigenvalue weighted by atomic mass is 10.3. The second-order valence-corrected chi connectivity index (χ2v) is 3.19. The number of nitrogens with zero attached hydrogens (tertiary/aromatic N) is 4. The van der Waals surface area contributed by atoms with Gasteiger partial charge in [-0.15, -0.1) is 0 Å². The van der Waals surface area contributed by atoms with E-state index in [0.717, 1.165) is 4.68 Å². The maximum absolute atomic E-state index is 11.7. The normalized spacial score (nSPS) is 11.2. The molecule has 3 aromatic rings. The van der Waals surface area contributed by atoms with Gasteiger partial charge in [0.25, 0.3) is 5.56 Å². The van der Waals surface area contributed by atoms with Gasteiger partial charge in [-0.3, -0.25) is 4.79 Å². The number of fused-ring (bicyclic) bond motifs is 3. The third kappa shape index (κ3) is 0.954. The first-order valence-corrected chi connectivity index (χ1v) is 4.36. The van der Waals surface area contributed by atoms with Crippen molar-refractivity contribution in [2.75, 3.05) is 5.84 Å². The van der Waals surface area contributed by atoms with Crippen LogP contribution in [0.4, 0.5) is 0 Å². The smallest absolute Gasteiger partial charge is 0.279 e. The number of aromatic nitrogens is 4. The Morgan fingerprint density at radius 2 is 2.20 bits per heavy atom. The van der Waals surface area contributed by atoms with Crippen molar-refractivity contribution in [1.82, 2.24) is 19.3 Å². The number of rotatable bonds is 0. The minimum Gasteiger partial charge on any atom is -0.336 e. The Bertz CT molecular complexity index is 711. The second kappa shape index (κ2) is 2.57. The van der Waals surface area contributed by atoms with E-state index in [-0.39, 0.29) is 5.56 Å². The highest BCUT2D eigenvalue weighted by Gasteiger charge is 2.05. The summed E-state index contributed by atoms with van der Waals surface area (Å²) in [4.78, 5) is 15.8. The predicted molar refractivity (Wildman–Crippen MR) is 54.9 cm³/mol. The van der Waals surface area contributed by atoms with Crippen molar-refractivity contribution in [2.24, 2.45) is 0 Å². The summed E-state index contributed by atoms with van der Waals surface area (Å²) >= 11 is 0. The van der Waals surface area contributed by atoms with Crippen LogP contribution in [0.5, 0.6) is 0 Å². The summed E-state index contributed by atoms with van der Waals surface area (Å²) in [5.41, 5.74) is 1.13. The molecule has 0 radical (unpaired) electrons. The Morgan fingerprint density at radius 1 is 1.33 bits per heavy atom. The van der Waals surface area contributed by atoms with Crippen LogP contribution in [0, 0.1) is 0 Å². The maximum atomic E-state index is 11.7. The number of hydrogen-bond acceptors (Lipinski definition) is 4. The summed E-state index contributed by atoms with van der Waals surface area (Å²) in [6.45, 7) is 0. The molecule has 3 heterocycles. The first-order chi connectivity index (χ1) is 7.27. The molecule has 0 fully saturated rings. The molecule has 0 aliphatic rings. The van der Waals surface area contributed by atoms with E-state index < -0.39 is 0 Å². The summed E-state index contributed by atoms with van der Waals surface area (Å²) in [7, 11) is 0. The molecule has 0 aliphatic heterocycles. The average molecular weight is 201 g/mol. The van der Waals surface area contributed by atoms with Crippen molar-refractivity contribution in [3.8, 4) is 0 Å². The standard InChI is InChI=1S/C9H7N5O/c10-13-4-2-7-6(9(13)15)5-11-8-1-3-12-14(7)8/h1-5H,10H2. The van der Waals surface area contributed by atoms with E-state index in [1.807, 2.05) is 0 Å². The van der Waals surface area contributed by atoms with E-state index in [2.05, 4.69) is 10.1 Å². The molecule has 0 spiro atoms. The van der Waals surface area contributed by atoms with E-state index in [1.165, 1.54) is 12.4 Å². The summed E-state index contributed by atoms with van der Waals surface area (Å²) in [6.07, 6.45) is 4.65. The van der Waals surface area contributed by atoms with Gasteiger partial charge in [0, 0.05) is 18.5 Å². The highest BCUT2D eigenvalue weighted by Crippen LogP contribution is 2.09. The maximum Gasteiger partial charge on any atom is 0.279 e. The summed E-state index contributed by atoms with van der Waals surface area (Å²) < 4.78 is 2.64. The van der Waals surface area contributed by atoms with Crippen molar-refractivity contribution >= 4 is 16.6 Å². The van der Waals surface area contributed by atoms with Gasteiger partial charge in [0.1, 0.15) is 0 Å². The van der Waals surface area contributed by atoms with Crippen LogP contribution in [0.2, 0.25) is 0 Å². The van der Waals surface area contributed by atoms with E-state index >= 15 is 0 Å². The van der Waals surface area contributed by atoms with Crippen molar-refractivity contribution in [1.29, 1.82) is 0 Å². The molecule has 6 nitrogen and oxygen atoms in total. The topological polar surface area (TPSA) is 78.2 Å². The number of nitrogens with two attached hydrogens (primary N) is 1. The molecule has 15 heavy (non-hydrogen) atoms. The number of pyridine rings is 1. The first-order valence-electron chi connectivity index (χ1n) is 4.36. The van der Waals surface area contributed by atoms with Crippen LogP contribution >= 0.6 is 0 Å². The van der Waals surface area contributed by atoms with Gasteiger partial charge in [-0.1, -0.05) is 0 Å². The SMILES string of the molecule is Nn1ccc2c(cnc3ccnn32)c1=O. The van der Waals surface area contributed by atoms with Gasteiger partial charge < -0.3 is 5.84 Å². The molecule has 6 heteroatoms. The van der Waals surface area contributed by atoms with E-state index in [0.29, 0.717) is 16.6 Å². The highest BCUT2D eigenvalue weighted by molar-refractivity contribution is 5.78. The Kier molecular flexibility index (Phi) is 1.37. The predicted octanol–water partition coefficient (Wildman–Crippen LogP) is -0.242. The number of nitrogen functional groups attached to an aromatic ring is 1. The van der Waals surface area contributed by atoms with Crippen LogP contribution < -0.4 is 11.4 Å². The second-order valence-electron chi connectivity index (χ2n) is 3.19. The first kappa shape index (κ1) is 7.98. The molecule has 0 saturated heterocycles. The van der Waals surface area contributed by atoms with Gasteiger partial charge >= 0.3 is 0 Å². The quantitative estimate of drug-likeness (QED) is 0.509. The van der Waals surface area contributed by atoms with Gasteiger partial charge in [-0.05, 0) is 6.07 Å². The fraction of sp³-hybridized carbons (Fsp3) is 0. The molecule has 74 valence electrons. The third-order valence-corrected chi connectivity index (χ3v) is 2.31. The molecule has 0 atom stereocenters. The molecular formula is C9H7N5O. The zero-order chi connectivity index (χ0) is 10.4. The molecular weight excluding hydrogens is 194 g/mol. The van der Waals surface area contributed by atoms with Crippen LogP contribution in [0.1, 0.15) is 0 Å². The highest BCUT2D eigenvalue weighted by atomic mass is 16.1. The zero-order valence-corrected chi connectivity index (χ0v) is 7.66. The summed E-state index contributed by atoms with van der Waals surface area (Å²) in [6, 6.07) is 3.51. The van der Waals surface area contributed by atoms with Crippen LogP contribution in [-0.2, 0) is 0 Å². The van der Waals surface area contributed by atoms with Gasteiger partial charge in [-0.25, -0.2) is 14.2 Å². The van der Waals surface area contributed by atoms with Crippen LogP contribution in [0.25, 0.3) is 16.6 Å². The molecule has 0 aromatic carbocycles. The molecule has 2 N–H and O–H groups in total. The Labute approximate surface area is 83.5 Å². The van der Waals surface area contributed by atoms with E-state index in [4.69, 9.17) is 5.84 Å². The summed E-state index contributed by atoms with van der Waals surface area (Å²) in [5, 5.41) is 4.54. The number of hydrogen-bond donors (Lipinski definition) is 1. The average Bonchev–Trinajstić information content (AvgIpc) is 2.71. The lowest BCUT2D eigenvalue weighted by Gasteiger charge is -2.02. The Hall–Kier alpha value is -2.37. The van der Waals surface area contributed by atoms with Gasteiger partial charge in [-0.2, -0.15) is 5.10 Å². The van der Waals surface area contributed by atoms with Crippen LogP contribution in [0.15, 0.2) is 35.5 Å². The van der Waals surface area contributed by atoms with Gasteiger partial charge in [0.15, 0.2) is 5.65 Å². The monoisotopic (exact) mass is 201 g/mol. The zero-order valence-electron chi connectivity index (χ0n) is 7.66. The van der Waals surface area contributed by atoms with Crippen molar-refractivity contribution in [3.05, 3.63) is 41.1 Å². The Morgan fingerprint density at radius 3 is 3.07 bits per heavy atom. The molecule has 0 bridgehead atoms. The van der Waals surface area contributed by atoms with Crippen molar-refractivity contribution in [3.63, 3.8) is 0 Å². The largest absolute Gasteiger partial charge is 0.336 e.